The van der Waals surface area contributed by atoms with Crippen LogP contribution < -0.4 is 5.73 Å². The number of nitrogens with two attached hydrogens (primary N) is 1. The van der Waals surface area contributed by atoms with E-state index in [4.69, 9.17) is 18.0 Å². The zero-order valence-electron chi connectivity index (χ0n) is 10.9. The van der Waals surface area contributed by atoms with Crippen LogP contribution in [0.4, 0.5) is 0 Å². The molecule has 1 rings (SSSR count). The molecule has 4 nitrogen and oxygen atoms in total. The van der Waals surface area contributed by atoms with Gasteiger partial charge in [-0.2, -0.15) is 0 Å². The Morgan fingerprint density at radius 3 is 2.82 bits per heavy atom. The molecule has 2 N–H and O–H groups in total. The van der Waals surface area contributed by atoms with Gasteiger partial charge in [-0.15, -0.1) is 0 Å². The largest absolute Gasteiger partial charge is 0.393 e. The minimum absolute atomic E-state index is 0.272. The number of aryl methyl sites for hydroxylation is 1. The molecule has 0 aliphatic carbocycles. The molecule has 17 heavy (non-hydrogen) atoms. The van der Waals surface area contributed by atoms with Gasteiger partial charge in [0.2, 0.25) is 0 Å². The summed E-state index contributed by atoms with van der Waals surface area (Å²) in [6.45, 7) is 10.2. The summed E-state index contributed by atoms with van der Waals surface area (Å²) >= 11 is 5.01. The summed E-state index contributed by atoms with van der Waals surface area (Å²) in [5.74, 6) is 1.33. The van der Waals surface area contributed by atoms with E-state index in [0.29, 0.717) is 4.99 Å². The second-order valence-electron chi connectivity index (χ2n) is 4.36. The van der Waals surface area contributed by atoms with Gasteiger partial charge in [0.1, 0.15) is 5.82 Å². The van der Waals surface area contributed by atoms with Crippen molar-refractivity contribution < 1.29 is 0 Å². The van der Waals surface area contributed by atoms with Crippen LogP contribution in [0.2, 0.25) is 0 Å². The average molecular weight is 254 g/mol. The molecule has 0 amide bonds. The number of thiocarbonyl (C=S) groups is 1. The molecule has 96 valence electrons. The summed E-state index contributed by atoms with van der Waals surface area (Å²) in [6, 6.07) is 0. The number of rotatable bonds is 7. The topological polar surface area (TPSA) is 47.1 Å². The summed E-state index contributed by atoms with van der Waals surface area (Å²) in [4.78, 5) is 7.18. The van der Waals surface area contributed by atoms with Crippen LogP contribution in [0.1, 0.15) is 19.7 Å². The molecule has 1 unspecified atom stereocenters. The number of likely N-dealkylation sites (N-methyl/N-ethyl adjacent to an activating group) is 1. The Kier molecular flexibility index (Phi) is 5.58. The lowest BCUT2D eigenvalue weighted by molar-refractivity contribution is 0.260. The highest BCUT2D eigenvalue weighted by Gasteiger charge is 2.11. The number of hydrogen-bond donors (Lipinski definition) is 1. The van der Waals surface area contributed by atoms with Crippen molar-refractivity contribution in [2.75, 3.05) is 19.6 Å². The molecule has 1 aromatic rings. The van der Waals surface area contributed by atoms with E-state index in [0.717, 1.165) is 32.0 Å². The fourth-order valence-electron chi connectivity index (χ4n) is 1.74. The zero-order valence-corrected chi connectivity index (χ0v) is 11.7. The average Bonchev–Trinajstić information content (AvgIpc) is 2.69. The summed E-state index contributed by atoms with van der Waals surface area (Å²) in [6.07, 6.45) is 3.85. The monoisotopic (exact) mass is 254 g/mol. The molecule has 0 saturated heterocycles. The Bertz CT molecular complexity index is 361. The van der Waals surface area contributed by atoms with E-state index >= 15 is 0 Å². The lowest BCUT2D eigenvalue weighted by atomic mass is 10.1. The minimum Gasteiger partial charge on any atom is -0.393 e. The van der Waals surface area contributed by atoms with Crippen molar-refractivity contribution in [2.24, 2.45) is 11.7 Å². The lowest BCUT2D eigenvalue weighted by Crippen LogP contribution is -2.35. The van der Waals surface area contributed by atoms with E-state index in [1.807, 2.05) is 19.3 Å². The third kappa shape index (κ3) is 4.44. The molecule has 1 aromatic heterocycles. The van der Waals surface area contributed by atoms with Crippen LogP contribution in [0.25, 0.3) is 0 Å². The van der Waals surface area contributed by atoms with Crippen LogP contribution in [0.15, 0.2) is 12.4 Å². The highest BCUT2D eigenvalue weighted by molar-refractivity contribution is 7.80. The minimum atomic E-state index is 0.272. The first-order chi connectivity index (χ1) is 8.04. The van der Waals surface area contributed by atoms with Gasteiger partial charge in [0, 0.05) is 37.9 Å². The fraction of sp³-hybridized carbons (Fsp3) is 0.667. The van der Waals surface area contributed by atoms with Gasteiger partial charge in [-0.05, 0) is 13.5 Å². The second-order valence-corrected chi connectivity index (χ2v) is 4.84. The van der Waals surface area contributed by atoms with Crippen molar-refractivity contribution in [3.8, 4) is 0 Å². The molecule has 0 bridgehead atoms. The van der Waals surface area contributed by atoms with E-state index in [-0.39, 0.29) is 5.92 Å². The van der Waals surface area contributed by atoms with Gasteiger partial charge in [-0.25, -0.2) is 4.98 Å². The maximum Gasteiger partial charge on any atom is 0.105 e. The predicted molar refractivity (Wildman–Crippen MR) is 75.0 cm³/mol. The maximum absolute atomic E-state index is 5.64. The molecule has 0 aliphatic heterocycles. The van der Waals surface area contributed by atoms with Gasteiger partial charge in [0.05, 0.1) is 4.99 Å². The standard InChI is InChI=1S/C12H22N4S/c1-4-15(9-10(2)12(13)17)7-8-16-6-5-14-11(16)3/h5-6,10H,4,7-9H2,1-3H3,(H2,13,17). The Balaban J connectivity index is 2.42. The molecule has 0 spiro atoms. The first-order valence-electron chi connectivity index (χ1n) is 6.04. The molecule has 0 fully saturated rings. The van der Waals surface area contributed by atoms with E-state index in [1.54, 1.807) is 0 Å². The quantitative estimate of drug-likeness (QED) is 0.748. The third-order valence-electron chi connectivity index (χ3n) is 3.05. The van der Waals surface area contributed by atoms with E-state index in [1.165, 1.54) is 0 Å². The van der Waals surface area contributed by atoms with Crippen molar-refractivity contribution in [1.29, 1.82) is 0 Å². The van der Waals surface area contributed by atoms with Crippen LogP contribution in [-0.4, -0.2) is 39.1 Å². The van der Waals surface area contributed by atoms with Crippen molar-refractivity contribution in [3.05, 3.63) is 18.2 Å². The first-order valence-corrected chi connectivity index (χ1v) is 6.44. The number of imidazole rings is 1. The molecule has 0 aromatic carbocycles. The number of nitrogens with zero attached hydrogens (tertiary/aromatic N) is 3. The highest BCUT2D eigenvalue weighted by Crippen LogP contribution is 2.02. The van der Waals surface area contributed by atoms with Crippen LogP contribution in [0.5, 0.6) is 0 Å². The number of aromatic nitrogens is 2. The first kappa shape index (κ1) is 14.1. The highest BCUT2D eigenvalue weighted by atomic mass is 32.1. The van der Waals surface area contributed by atoms with Gasteiger partial charge in [-0.1, -0.05) is 26.1 Å². The second kappa shape index (κ2) is 6.71. The molecule has 1 heterocycles. The molecular formula is C12H22N4S. The van der Waals surface area contributed by atoms with Gasteiger partial charge in [0.15, 0.2) is 0 Å². The summed E-state index contributed by atoms with van der Waals surface area (Å²) in [7, 11) is 0. The van der Waals surface area contributed by atoms with Crippen molar-refractivity contribution in [1.82, 2.24) is 14.5 Å². The van der Waals surface area contributed by atoms with Crippen molar-refractivity contribution in [3.63, 3.8) is 0 Å². The molecule has 5 heteroatoms. The SMILES string of the molecule is CCN(CCn1ccnc1C)CC(C)C(N)=S. The van der Waals surface area contributed by atoms with E-state index in [9.17, 15) is 0 Å². The Hall–Kier alpha value is -0.940. The third-order valence-corrected chi connectivity index (χ3v) is 3.45. The van der Waals surface area contributed by atoms with E-state index < -0.39 is 0 Å². The normalized spacial score (nSPS) is 12.9. The van der Waals surface area contributed by atoms with Gasteiger partial charge < -0.3 is 15.2 Å². The maximum atomic E-state index is 5.64. The Morgan fingerprint density at radius 1 is 1.65 bits per heavy atom. The van der Waals surface area contributed by atoms with E-state index in [2.05, 4.69) is 28.3 Å². The predicted octanol–water partition coefficient (Wildman–Crippen LogP) is 1.44. The van der Waals surface area contributed by atoms with Crippen LogP contribution in [-0.2, 0) is 6.54 Å². The molecule has 0 saturated carbocycles. The van der Waals surface area contributed by atoms with Crippen molar-refractivity contribution >= 4 is 17.2 Å². The summed E-state index contributed by atoms with van der Waals surface area (Å²) in [5.41, 5.74) is 5.64. The van der Waals surface area contributed by atoms with Gasteiger partial charge in [-0.3, -0.25) is 0 Å². The van der Waals surface area contributed by atoms with Gasteiger partial charge in [0.25, 0.3) is 0 Å². The van der Waals surface area contributed by atoms with Crippen molar-refractivity contribution in [2.45, 2.75) is 27.3 Å². The molecule has 0 aliphatic rings. The smallest absolute Gasteiger partial charge is 0.105 e. The Morgan fingerprint density at radius 2 is 2.35 bits per heavy atom. The zero-order chi connectivity index (χ0) is 12.8. The summed E-state index contributed by atoms with van der Waals surface area (Å²) < 4.78 is 2.16. The van der Waals surface area contributed by atoms with Crippen LogP contribution >= 0.6 is 12.2 Å². The fourth-order valence-corrected chi connectivity index (χ4v) is 1.82. The van der Waals surface area contributed by atoms with Gasteiger partial charge >= 0.3 is 0 Å². The lowest BCUT2D eigenvalue weighted by Gasteiger charge is -2.24. The molecular weight excluding hydrogens is 232 g/mol. The Labute approximate surface area is 109 Å². The number of hydrogen-bond acceptors (Lipinski definition) is 3. The van der Waals surface area contributed by atoms with Crippen LogP contribution in [0, 0.1) is 12.8 Å². The molecule has 1 atom stereocenters. The van der Waals surface area contributed by atoms with Crippen LogP contribution in [0.3, 0.4) is 0 Å². The molecule has 0 radical (unpaired) electrons. The summed E-state index contributed by atoms with van der Waals surface area (Å²) in [5, 5.41) is 0.